The van der Waals surface area contributed by atoms with Gasteiger partial charge in [-0.25, -0.2) is 0 Å². The summed E-state index contributed by atoms with van der Waals surface area (Å²) in [5.41, 5.74) is -9.44. The molecular formula is C17H26O10S. The second kappa shape index (κ2) is 9.12. The van der Waals surface area contributed by atoms with Gasteiger partial charge in [-0.1, -0.05) is 13.8 Å². The quantitative estimate of drug-likeness (QED) is 0.252. The van der Waals surface area contributed by atoms with E-state index in [-0.39, 0.29) is 0 Å². The van der Waals surface area contributed by atoms with Crippen molar-refractivity contribution < 1.29 is 48.8 Å². The lowest BCUT2D eigenvalue weighted by Gasteiger charge is -2.54. The van der Waals surface area contributed by atoms with Crippen molar-refractivity contribution in [1.29, 1.82) is 0 Å². The molecule has 3 N–H and O–H groups in total. The molecule has 11 heteroatoms. The maximum atomic E-state index is 12.9. The number of aliphatic hydroxyl groups excluding tert-OH is 2. The van der Waals surface area contributed by atoms with Crippen LogP contribution in [0.25, 0.3) is 0 Å². The van der Waals surface area contributed by atoms with Gasteiger partial charge in [0.15, 0.2) is 11.6 Å². The van der Waals surface area contributed by atoms with Gasteiger partial charge in [-0.05, 0) is 13.8 Å². The zero-order valence-electron chi connectivity index (χ0n) is 16.5. The molecule has 10 nitrogen and oxygen atoms in total. The van der Waals surface area contributed by atoms with Gasteiger partial charge in [-0.2, -0.15) is 0 Å². The molecule has 0 aromatic carbocycles. The molecule has 0 amide bonds. The fourth-order valence-electron chi connectivity index (χ4n) is 3.37. The first-order valence-electron chi connectivity index (χ1n) is 8.25. The van der Waals surface area contributed by atoms with E-state index in [1.54, 1.807) is 0 Å². The number of thiol groups is 1. The van der Waals surface area contributed by atoms with Crippen molar-refractivity contribution in [3.63, 3.8) is 0 Å². The van der Waals surface area contributed by atoms with E-state index in [0.717, 1.165) is 27.7 Å². The molecule has 0 aliphatic heterocycles. The highest BCUT2D eigenvalue weighted by atomic mass is 32.1. The van der Waals surface area contributed by atoms with Crippen LogP contribution in [0, 0.1) is 5.92 Å². The number of ether oxygens (including phenoxy) is 2. The molecule has 0 bridgehead atoms. The Kier molecular flexibility index (Phi) is 8.53. The summed E-state index contributed by atoms with van der Waals surface area (Å²) in [5.74, 6) is -6.20. The summed E-state index contributed by atoms with van der Waals surface area (Å²) in [6, 6.07) is 0. The minimum Gasteiger partial charge on any atom is -0.445 e. The van der Waals surface area contributed by atoms with Gasteiger partial charge < -0.3 is 24.8 Å². The fourth-order valence-corrected chi connectivity index (χ4v) is 3.83. The van der Waals surface area contributed by atoms with Gasteiger partial charge in [0.05, 0.1) is 6.61 Å². The van der Waals surface area contributed by atoms with Crippen LogP contribution in [0.5, 0.6) is 0 Å². The van der Waals surface area contributed by atoms with E-state index in [4.69, 9.17) is 9.47 Å². The molecule has 28 heavy (non-hydrogen) atoms. The minimum absolute atomic E-state index is 0.738. The Bertz CT molecular complexity index is 675. The number of aliphatic hydroxyl groups is 3. The Morgan fingerprint density at radius 3 is 1.57 bits per heavy atom. The summed E-state index contributed by atoms with van der Waals surface area (Å²) in [5, 5.41) is 29.5. The molecule has 0 aromatic rings. The molecule has 0 aliphatic rings. The summed E-state index contributed by atoms with van der Waals surface area (Å²) in [7, 11) is 0. The number of rotatable bonds is 10. The Morgan fingerprint density at radius 1 is 0.929 bits per heavy atom. The monoisotopic (exact) mass is 422 g/mol. The smallest absolute Gasteiger partial charge is 0.303 e. The van der Waals surface area contributed by atoms with Crippen LogP contribution in [0.15, 0.2) is 0 Å². The summed E-state index contributed by atoms with van der Waals surface area (Å²) in [6.07, 6.45) is -2.39. The van der Waals surface area contributed by atoms with Crippen LogP contribution >= 0.6 is 12.6 Å². The van der Waals surface area contributed by atoms with Crippen molar-refractivity contribution in [2.75, 3.05) is 6.61 Å². The van der Waals surface area contributed by atoms with E-state index in [1.807, 2.05) is 0 Å². The van der Waals surface area contributed by atoms with E-state index >= 15 is 0 Å². The Balaban J connectivity index is 7.78. The number of carbonyl (C=O) groups is 5. The molecule has 160 valence electrons. The molecule has 0 aliphatic carbocycles. The minimum atomic E-state index is -3.36. The molecule has 0 saturated heterocycles. The third kappa shape index (κ3) is 3.84. The van der Waals surface area contributed by atoms with Crippen molar-refractivity contribution in [2.45, 2.75) is 64.4 Å². The van der Waals surface area contributed by atoms with Gasteiger partial charge in [-0.15, -0.1) is 12.6 Å². The van der Waals surface area contributed by atoms with Crippen molar-refractivity contribution in [3.05, 3.63) is 0 Å². The maximum absolute atomic E-state index is 12.9. The average Bonchev–Trinajstić information content (AvgIpc) is 2.54. The Labute approximate surface area is 167 Å². The third-order valence-electron chi connectivity index (χ3n) is 4.48. The zero-order chi connectivity index (χ0) is 22.7. The zero-order valence-corrected chi connectivity index (χ0v) is 17.4. The normalized spacial score (nSPS) is 18.8. The summed E-state index contributed by atoms with van der Waals surface area (Å²) >= 11 is 3.67. The Hall–Kier alpha value is -1.82. The van der Waals surface area contributed by atoms with E-state index in [1.165, 1.54) is 13.8 Å². The van der Waals surface area contributed by atoms with Crippen LogP contribution in [0.3, 0.4) is 0 Å². The highest BCUT2D eigenvalue weighted by Gasteiger charge is 2.78. The van der Waals surface area contributed by atoms with Crippen LogP contribution in [0.2, 0.25) is 0 Å². The second-order valence-electron chi connectivity index (χ2n) is 6.64. The van der Waals surface area contributed by atoms with E-state index in [0.29, 0.717) is 0 Å². The lowest BCUT2D eigenvalue weighted by Crippen LogP contribution is -2.82. The molecule has 0 heterocycles. The first-order valence-corrected chi connectivity index (χ1v) is 8.70. The van der Waals surface area contributed by atoms with Crippen molar-refractivity contribution >= 4 is 41.2 Å². The summed E-state index contributed by atoms with van der Waals surface area (Å²) in [4.78, 5) is 61.6. The van der Waals surface area contributed by atoms with Gasteiger partial charge in [-0.3, -0.25) is 24.0 Å². The van der Waals surface area contributed by atoms with Gasteiger partial charge in [0.25, 0.3) is 5.60 Å². The Morgan fingerprint density at radius 2 is 1.36 bits per heavy atom. The van der Waals surface area contributed by atoms with E-state index < -0.39 is 64.1 Å². The SMILES string of the molecule is CC(=O)OC(C(C)=O)(C(O)(C(C)=O)C(O)CO)[C@@](OC(C)=O)(C(=O)S)C(C)C. The van der Waals surface area contributed by atoms with Gasteiger partial charge >= 0.3 is 11.9 Å². The molecule has 4 atom stereocenters. The molecule has 0 spiro atoms. The number of hydrogen-bond acceptors (Lipinski definition) is 10. The predicted molar refractivity (Wildman–Crippen MR) is 97.2 cm³/mol. The maximum Gasteiger partial charge on any atom is 0.303 e. The number of carbonyl (C=O) groups excluding carboxylic acids is 5. The number of esters is 2. The molecule has 0 rings (SSSR count). The van der Waals surface area contributed by atoms with Crippen molar-refractivity contribution in [1.82, 2.24) is 0 Å². The number of Topliss-reactive ketones (excluding diaryl/α,β-unsaturated/α-hetero) is 2. The summed E-state index contributed by atoms with van der Waals surface area (Å²) < 4.78 is 10.2. The molecule has 0 saturated carbocycles. The van der Waals surface area contributed by atoms with Crippen LogP contribution in [0.1, 0.15) is 41.5 Å². The largest absolute Gasteiger partial charge is 0.445 e. The highest BCUT2D eigenvalue weighted by molar-refractivity contribution is 7.96. The first-order chi connectivity index (χ1) is 12.6. The predicted octanol–water partition coefficient (Wildman–Crippen LogP) is -1.04. The highest BCUT2D eigenvalue weighted by Crippen LogP contribution is 2.48. The van der Waals surface area contributed by atoms with Crippen LogP contribution in [-0.2, 0) is 33.4 Å². The topological polar surface area (TPSA) is 164 Å². The molecule has 0 fully saturated rings. The van der Waals surface area contributed by atoms with Crippen LogP contribution in [0.4, 0.5) is 0 Å². The second-order valence-corrected chi connectivity index (χ2v) is 7.05. The molecular weight excluding hydrogens is 396 g/mol. The lowest BCUT2D eigenvalue weighted by molar-refractivity contribution is -0.268. The van der Waals surface area contributed by atoms with Crippen molar-refractivity contribution in [2.24, 2.45) is 5.92 Å². The fraction of sp³-hybridized carbons (Fsp3) is 0.706. The molecule has 0 radical (unpaired) electrons. The molecule has 0 aromatic heterocycles. The average molecular weight is 422 g/mol. The van der Waals surface area contributed by atoms with Gasteiger partial charge in [0.2, 0.25) is 16.3 Å². The molecule has 3 unspecified atom stereocenters. The van der Waals surface area contributed by atoms with Crippen LogP contribution in [-0.4, -0.2) is 73.5 Å². The van der Waals surface area contributed by atoms with Crippen LogP contribution < -0.4 is 0 Å². The van der Waals surface area contributed by atoms with Crippen molar-refractivity contribution in [3.8, 4) is 0 Å². The lowest BCUT2D eigenvalue weighted by atomic mass is 9.61. The van der Waals surface area contributed by atoms with E-state index in [2.05, 4.69) is 12.6 Å². The third-order valence-corrected chi connectivity index (χ3v) is 4.81. The number of hydrogen-bond donors (Lipinski definition) is 4. The van der Waals surface area contributed by atoms with Gasteiger partial charge in [0, 0.05) is 19.8 Å². The van der Waals surface area contributed by atoms with E-state index in [9.17, 15) is 39.3 Å². The van der Waals surface area contributed by atoms with Gasteiger partial charge in [0.1, 0.15) is 6.10 Å². The first kappa shape index (κ1) is 26.2. The number of ketones is 2. The standard InChI is InChI=1S/C17H26O10S/c1-8(2)16(14(24)28,26-11(5)21)17(10(4)20,27-12(6)22)15(25,9(3)19)13(23)7-18/h8,13,18,23,25H,7H2,1-6H3,(H,24,28)/t13?,15?,16-,17?/m0/s1. The summed E-state index contributed by atoms with van der Waals surface area (Å²) in [6.45, 7) is 4.49.